The Labute approximate surface area is 205 Å². The van der Waals surface area contributed by atoms with Crippen LogP contribution in [0.25, 0.3) is 10.8 Å². The molecule has 0 spiro atoms. The van der Waals surface area contributed by atoms with Crippen molar-refractivity contribution in [3.05, 3.63) is 109 Å². The third-order valence-electron chi connectivity index (χ3n) is 4.84. The van der Waals surface area contributed by atoms with Gasteiger partial charge in [0, 0.05) is 24.7 Å². The summed E-state index contributed by atoms with van der Waals surface area (Å²) in [6.45, 7) is 0.914. The zero-order valence-corrected chi connectivity index (χ0v) is 20.2. The molecular weight excluding hydrogens is 542 g/mol. The lowest BCUT2D eigenvalue weighted by Crippen LogP contribution is -2.07. The monoisotopic (exact) mass is 560 g/mol. The van der Waals surface area contributed by atoms with Crippen molar-refractivity contribution in [3.8, 4) is 5.75 Å². The van der Waals surface area contributed by atoms with E-state index in [1.165, 1.54) is 3.57 Å². The van der Waals surface area contributed by atoms with Crippen LogP contribution in [0.1, 0.15) is 16.7 Å². The van der Waals surface area contributed by atoms with Gasteiger partial charge in [0.05, 0.1) is 12.8 Å². The van der Waals surface area contributed by atoms with Crippen LogP contribution in [0.4, 0.5) is 0 Å². The van der Waals surface area contributed by atoms with E-state index in [9.17, 15) is 0 Å². The summed E-state index contributed by atoms with van der Waals surface area (Å²) in [6, 6.07) is 26.0. The van der Waals surface area contributed by atoms with Crippen LogP contribution in [0.15, 0.2) is 84.0 Å². The van der Waals surface area contributed by atoms with E-state index < -0.39 is 0 Å². The molecule has 4 rings (SSSR count). The third kappa shape index (κ3) is 5.50. The second-order valence-electron chi connectivity index (χ2n) is 6.91. The zero-order valence-electron chi connectivity index (χ0n) is 16.5. The topological polar surface area (TPSA) is 33.6 Å². The number of hydrazone groups is 1. The SMILES string of the molecule is Clc1cccc(Cl)c1CN/N=C\c1c(OCc2ccc(I)cc2)ccc2ccccc12. The van der Waals surface area contributed by atoms with E-state index in [1.54, 1.807) is 6.21 Å². The van der Waals surface area contributed by atoms with Crippen LogP contribution in [-0.2, 0) is 13.2 Å². The van der Waals surface area contributed by atoms with Gasteiger partial charge in [0.1, 0.15) is 12.4 Å². The van der Waals surface area contributed by atoms with Gasteiger partial charge in [-0.2, -0.15) is 5.10 Å². The van der Waals surface area contributed by atoms with Crippen LogP contribution in [0, 0.1) is 3.57 Å². The molecule has 0 radical (unpaired) electrons. The normalized spacial score (nSPS) is 11.2. The smallest absolute Gasteiger partial charge is 0.129 e. The molecule has 0 aliphatic heterocycles. The Bertz CT molecular complexity index is 1210. The highest BCUT2D eigenvalue weighted by Gasteiger charge is 2.08. The van der Waals surface area contributed by atoms with Gasteiger partial charge in [-0.05, 0) is 69.3 Å². The minimum atomic E-state index is 0.429. The van der Waals surface area contributed by atoms with Gasteiger partial charge < -0.3 is 10.2 Å². The number of rotatable bonds is 7. The molecular formula is C25H19Cl2IN2O. The van der Waals surface area contributed by atoms with Crippen LogP contribution in [0.5, 0.6) is 5.75 Å². The Balaban J connectivity index is 1.56. The standard InChI is InChI=1S/C25H19Cl2IN2O/c26-23-6-3-7-24(27)22(23)15-30-29-14-21-20-5-2-1-4-18(20)10-13-25(21)31-16-17-8-11-19(28)12-9-17/h1-14,30H,15-16H2/b29-14-. The van der Waals surface area contributed by atoms with E-state index >= 15 is 0 Å². The van der Waals surface area contributed by atoms with Crippen molar-refractivity contribution in [2.75, 3.05) is 0 Å². The van der Waals surface area contributed by atoms with E-state index in [-0.39, 0.29) is 0 Å². The van der Waals surface area contributed by atoms with Crippen molar-refractivity contribution in [1.82, 2.24) is 5.43 Å². The average molecular weight is 561 g/mol. The van der Waals surface area contributed by atoms with Gasteiger partial charge in [-0.15, -0.1) is 0 Å². The molecule has 0 unspecified atom stereocenters. The predicted octanol–water partition coefficient (Wildman–Crippen LogP) is 7.45. The van der Waals surface area contributed by atoms with Gasteiger partial charge in [-0.1, -0.05) is 71.7 Å². The number of ether oxygens (including phenoxy) is 1. The molecule has 0 saturated heterocycles. The van der Waals surface area contributed by atoms with Gasteiger partial charge >= 0.3 is 0 Å². The minimum Gasteiger partial charge on any atom is -0.488 e. The van der Waals surface area contributed by atoms with Gasteiger partial charge in [-0.25, -0.2) is 0 Å². The molecule has 0 aliphatic rings. The molecule has 1 N–H and O–H groups in total. The number of fused-ring (bicyclic) bond motifs is 1. The molecule has 0 atom stereocenters. The summed E-state index contributed by atoms with van der Waals surface area (Å²) in [4.78, 5) is 0. The van der Waals surface area contributed by atoms with E-state index in [0.29, 0.717) is 23.2 Å². The van der Waals surface area contributed by atoms with E-state index in [0.717, 1.165) is 33.2 Å². The maximum atomic E-state index is 6.24. The fourth-order valence-electron chi connectivity index (χ4n) is 3.21. The molecule has 156 valence electrons. The maximum absolute atomic E-state index is 6.24. The lowest BCUT2D eigenvalue weighted by Gasteiger charge is -2.12. The molecule has 3 nitrogen and oxygen atoms in total. The Morgan fingerprint density at radius 2 is 1.61 bits per heavy atom. The van der Waals surface area contributed by atoms with Crippen molar-refractivity contribution in [2.24, 2.45) is 5.10 Å². The van der Waals surface area contributed by atoms with Gasteiger partial charge in [0.15, 0.2) is 0 Å². The Morgan fingerprint density at radius 1 is 0.871 bits per heavy atom. The molecule has 0 amide bonds. The summed E-state index contributed by atoms with van der Waals surface area (Å²) in [5.74, 6) is 0.776. The number of nitrogens with zero attached hydrogens (tertiary/aromatic N) is 1. The number of benzene rings is 4. The number of nitrogens with one attached hydrogen (secondary N) is 1. The molecule has 0 saturated carbocycles. The molecule has 0 bridgehead atoms. The number of hydrogen-bond acceptors (Lipinski definition) is 3. The predicted molar refractivity (Wildman–Crippen MR) is 138 cm³/mol. The van der Waals surface area contributed by atoms with Crippen molar-refractivity contribution in [3.63, 3.8) is 0 Å². The van der Waals surface area contributed by atoms with Crippen LogP contribution < -0.4 is 10.2 Å². The molecule has 0 aliphatic carbocycles. The first-order valence-corrected chi connectivity index (χ1v) is 11.5. The summed E-state index contributed by atoms with van der Waals surface area (Å²) in [6.07, 6.45) is 1.79. The fourth-order valence-corrected chi connectivity index (χ4v) is 4.10. The first-order valence-electron chi connectivity index (χ1n) is 9.69. The Morgan fingerprint density at radius 3 is 2.39 bits per heavy atom. The summed E-state index contributed by atoms with van der Waals surface area (Å²) < 4.78 is 7.36. The molecule has 0 fully saturated rings. The summed E-state index contributed by atoms with van der Waals surface area (Å²) in [5, 5.41) is 7.85. The van der Waals surface area contributed by atoms with Crippen LogP contribution in [0.2, 0.25) is 10.0 Å². The highest BCUT2D eigenvalue weighted by atomic mass is 127. The molecule has 0 aromatic heterocycles. The molecule has 4 aromatic rings. The van der Waals surface area contributed by atoms with Gasteiger partial charge in [-0.3, -0.25) is 0 Å². The van der Waals surface area contributed by atoms with E-state index in [2.05, 4.69) is 75.6 Å². The van der Waals surface area contributed by atoms with Gasteiger partial charge in [0.2, 0.25) is 0 Å². The van der Waals surface area contributed by atoms with Crippen molar-refractivity contribution >= 4 is 62.8 Å². The maximum Gasteiger partial charge on any atom is 0.129 e. The summed E-state index contributed by atoms with van der Waals surface area (Å²) in [5.41, 5.74) is 5.90. The third-order valence-corrected chi connectivity index (χ3v) is 6.27. The number of halogens is 3. The highest BCUT2D eigenvalue weighted by molar-refractivity contribution is 14.1. The summed E-state index contributed by atoms with van der Waals surface area (Å²) >= 11 is 14.8. The first-order chi connectivity index (χ1) is 15.1. The molecule has 0 heterocycles. The number of hydrogen-bond donors (Lipinski definition) is 1. The first kappa shape index (κ1) is 21.9. The van der Waals surface area contributed by atoms with Crippen LogP contribution in [0.3, 0.4) is 0 Å². The van der Waals surface area contributed by atoms with Gasteiger partial charge in [0.25, 0.3) is 0 Å². The average Bonchev–Trinajstić information content (AvgIpc) is 2.78. The Kier molecular flexibility index (Phi) is 7.33. The second kappa shape index (κ2) is 10.4. The lowest BCUT2D eigenvalue weighted by atomic mass is 10.0. The lowest BCUT2D eigenvalue weighted by molar-refractivity contribution is 0.306. The Hall–Kier alpha value is -2.28. The van der Waals surface area contributed by atoms with E-state index in [4.69, 9.17) is 27.9 Å². The minimum absolute atomic E-state index is 0.429. The zero-order chi connectivity index (χ0) is 21.6. The fraction of sp³-hybridized carbons (Fsp3) is 0.0800. The van der Waals surface area contributed by atoms with Crippen molar-refractivity contribution in [2.45, 2.75) is 13.2 Å². The molecule has 6 heteroatoms. The summed E-state index contributed by atoms with van der Waals surface area (Å²) in [7, 11) is 0. The largest absolute Gasteiger partial charge is 0.488 e. The van der Waals surface area contributed by atoms with Crippen LogP contribution >= 0.6 is 45.8 Å². The second-order valence-corrected chi connectivity index (χ2v) is 8.97. The molecule has 4 aromatic carbocycles. The van der Waals surface area contributed by atoms with Crippen molar-refractivity contribution < 1.29 is 4.74 Å². The quantitative estimate of drug-likeness (QED) is 0.145. The molecule has 31 heavy (non-hydrogen) atoms. The highest BCUT2D eigenvalue weighted by Crippen LogP contribution is 2.28. The van der Waals surface area contributed by atoms with Crippen molar-refractivity contribution in [1.29, 1.82) is 0 Å². The van der Waals surface area contributed by atoms with E-state index in [1.807, 2.05) is 36.4 Å². The van der Waals surface area contributed by atoms with Crippen LogP contribution in [-0.4, -0.2) is 6.21 Å².